The maximum atomic E-state index is 12.0. The quantitative estimate of drug-likeness (QED) is 0.796. The van der Waals surface area contributed by atoms with Crippen molar-refractivity contribution in [1.29, 1.82) is 0 Å². The van der Waals surface area contributed by atoms with E-state index in [-0.39, 0.29) is 0 Å². The summed E-state index contributed by atoms with van der Waals surface area (Å²) in [5, 5.41) is 4.61. The molecule has 23 heavy (non-hydrogen) atoms. The zero-order valence-electron chi connectivity index (χ0n) is 13.2. The molecule has 1 aliphatic heterocycles. The highest BCUT2D eigenvalue weighted by Gasteiger charge is 2.15. The average Bonchev–Trinajstić information content (AvgIpc) is 2.76. The van der Waals surface area contributed by atoms with E-state index in [9.17, 15) is 4.79 Å². The Morgan fingerprint density at radius 2 is 2.13 bits per heavy atom. The second-order valence-electron chi connectivity index (χ2n) is 5.99. The van der Waals surface area contributed by atoms with Crippen LogP contribution in [0.25, 0.3) is 10.9 Å². The molecule has 0 spiro atoms. The molecule has 1 saturated heterocycles. The zero-order valence-corrected chi connectivity index (χ0v) is 14.8. The molecule has 5 heteroatoms. The van der Waals surface area contributed by atoms with Crippen LogP contribution in [0.2, 0.25) is 0 Å². The number of benzene rings is 1. The van der Waals surface area contributed by atoms with Crippen LogP contribution >= 0.6 is 15.9 Å². The summed E-state index contributed by atoms with van der Waals surface area (Å²) in [7, 11) is 0. The van der Waals surface area contributed by atoms with Crippen molar-refractivity contribution in [3.8, 4) is 0 Å². The summed E-state index contributed by atoms with van der Waals surface area (Å²) >= 11 is 3.48. The summed E-state index contributed by atoms with van der Waals surface area (Å²) in [4.78, 5) is 18.4. The first-order valence-electron chi connectivity index (χ1n) is 8.30. The number of fused-ring (bicyclic) bond motifs is 1. The van der Waals surface area contributed by atoms with Crippen LogP contribution in [0, 0.1) is 0 Å². The number of anilines is 1. The number of pyridine rings is 1. The van der Waals surface area contributed by atoms with Gasteiger partial charge in [0.2, 0.25) is 5.91 Å². The van der Waals surface area contributed by atoms with E-state index in [1.54, 1.807) is 0 Å². The maximum Gasteiger partial charge on any atom is 0.222 e. The molecular weight excluding hydrogens is 354 g/mol. The van der Waals surface area contributed by atoms with Crippen molar-refractivity contribution in [1.82, 2.24) is 9.88 Å². The topological polar surface area (TPSA) is 45.2 Å². The van der Waals surface area contributed by atoms with Crippen molar-refractivity contribution in [3.05, 3.63) is 34.9 Å². The van der Waals surface area contributed by atoms with Gasteiger partial charge in [-0.25, -0.2) is 0 Å². The lowest BCUT2D eigenvalue weighted by Crippen LogP contribution is -2.32. The highest BCUT2D eigenvalue weighted by Crippen LogP contribution is 2.24. The minimum Gasteiger partial charge on any atom is -0.384 e. The van der Waals surface area contributed by atoms with Gasteiger partial charge in [0.1, 0.15) is 0 Å². The first kappa shape index (κ1) is 16.2. The van der Waals surface area contributed by atoms with Crippen LogP contribution in [0.4, 0.5) is 5.69 Å². The van der Waals surface area contributed by atoms with E-state index in [0.717, 1.165) is 66.4 Å². The molecule has 1 aromatic heterocycles. The number of likely N-dealkylation sites (tertiary alicyclic amines) is 1. The Bertz CT molecular complexity index is 689. The van der Waals surface area contributed by atoms with E-state index in [4.69, 9.17) is 0 Å². The molecule has 0 unspecified atom stereocenters. The third kappa shape index (κ3) is 4.22. The van der Waals surface area contributed by atoms with Gasteiger partial charge in [-0.1, -0.05) is 22.4 Å². The molecule has 4 nitrogen and oxygen atoms in total. The Morgan fingerprint density at radius 3 is 3.04 bits per heavy atom. The van der Waals surface area contributed by atoms with Crippen molar-refractivity contribution in [2.45, 2.75) is 32.1 Å². The largest absolute Gasteiger partial charge is 0.384 e. The van der Waals surface area contributed by atoms with E-state index in [1.807, 2.05) is 29.3 Å². The van der Waals surface area contributed by atoms with Crippen molar-refractivity contribution in [2.24, 2.45) is 0 Å². The van der Waals surface area contributed by atoms with Gasteiger partial charge in [0.05, 0.1) is 5.52 Å². The van der Waals surface area contributed by atoms with Gasteiger partial charge < -0.3 is 10.2 Å². The lowest BCUT2D eigenvalue weighted by molar-refractivity contribution is -0.130. The molecular formula is C18H22BrN3O. The third-order valence-electron chi connectivity index (χ3n) is 4.30. The number of nitrogens with zero attached hydrogens (tertiary/aromatic N) is 2. The second-order valence-corrected chi connectivity index (χ2v) is 6.91. The summed E-state index contributed by atoms with van der Waals surface area (Å²) in [6.45, 7) is 2.63. The molecule has 1 aliphatic rings. The minimum atomic E-state index is 0.321. The summed E-state index contributed by atoms with van der Waals surface area (Å²) < 4.78 is 1.04. The van der Waals surface area contributed by atoms with Gasteiger partial charge in [-0.3, -0.25) is 9.78 Å². The number of amides is 1. The smallest absolute Gasteiger partial charge is 0.222 e. The Labute approximate surface area is 145 Å². The van der Waals surface area contributed by atoms with Crippen LogP contribution in [0.3, 0.4) is 0 Å². The fourth-order valence-electron chi connectivity index (χ4n) is 3.04. The fourth-order valence-corrected chi connectivity index (χ4v) is 3.39. The van der Waals surface area contributed by atoms with Gasteiger partial charge in [-0.05, 0) is 43.5 Å². The van der Waals surface area contributed by atoms with Gasteiger partial charge in [0.15, 0.2) is 0 Å². The molecule has 0 radical (unpaired) electrons. The van der Waals surface area contributed by atoms with E-state index in [2.05, 4.69) is 32.3 Å². The van der Waals surface area contributed by atoms with Crippen LogP contribution in [0.1, 0.15) is 32.1 Å². The Kier molecular flexibility index (Phi) is 5.49. The average molecular weight is 376 g/mol. The lowest BCUT2D eigenvalue weighted by atomic mass is 10.2. The zero-order chi connectivity index (χ0) is 16.1. The molecule has 1 fully saturated rings. The molecule has 3 rings (SSSR count). The number of hydrogen-bond acceptors (Lipinski definition) is 3. The van der Waals surface area contributed by atoms with Gasteiger partial charge in [0.25, 0.3) is 0 Å². The molecule has 0 saturated carbocycles. The number of hydrogen-bond donors (Lipinski definition) is 1. The van der Waals surface area contributed by atoms with Crippen LogP contribution in [0.5, 0.6) is 0 Å². The third-order valence-corrected chi connectivity index (χ3v) is 4.79. The molecule has 0 bridgehead atoms. The lowest BCUT2D eigenvalue weighted by Gasteiger charge is -2.20. The maximum absolute atomic E-state index is 12.0. The number of halogens is 1. The molecule has 1 N–H and O–H groups in total. The van der Waals surface area contributed by atoms with Crippen LogP contribution in [0.15, 0.2) is 34.9 Å². The van der Waals surface area contributed by atoms with E-state index in [1.165, 1.54) is 6.42 Å². The highest BCUT2D eigenvalue weighted by molar-refractivity contribution is 9.10. The predicted molar refractivity (Wildman–Crippen MR) is 97.6 cm³/mol. The molecule has 122 valence electrons. The monoisotopic (exact) mass is 375 g/mol. The summed E-state index contributed by atoms with van der Waals surface area (Å²) in [6.07, 6.45) is 6.88. The number of rotatable bonds is 5. The SMILES string of the molecule is O=C1CCCCCN1CCCNc1ccnc2cc(Br)ccc12. The summed E-state index contributed by atoms with van der Waals surface area (Å²) in [5.41, 5.74) is 2.08. The van der Waals surface area contributed by atoms with Gasteiger partial charge in [-0.15, -0.1) is 0 Å². The predicted octanol–water partition coefficient (Wildman–Crippen LogP) is 4.20. The van der Waals surface area contributed by atoms with Gasteiger partial charge >= 0.3 is 0 Å². The summed E-state index contributed by atoms with van der Waals surface area (Å²) in [5.74, 6) is 0.321. The summed E-state index contributed by atoms with van der Waals surface area (Å²) in [6, 6.07) is 8.14. The Morgan fingerprint density at radius 1 is 1.22 bits per heavy atom. The van der Waals surface area contributed by atoms with Crippen LogP contribution in [-0.2, 0) is 4.79 Å². The normalized spacial score (nSPS) is 15.7. The van der Waals surface area contributed by atoms with Crippen molar-refractivity contribution in [2.75, 3.05) is 25.0 Å². The van der Waals surface area contributed by atoms with E-state index >= 15 is 0 Å². The van der Waals surface area contributed by atoms with E-state index in [0.29, 0.717) is 5.91 Å². The number of carbonyl (C=O) groups is 1. The molecule has 2 heterocycles. The Hall–Kier alpha value is -1.62. The number of nitrogens with one attached hydrogen (secondary N) is 1. The Balaban J connectivity index is 1.55. The molecule has 1 aromatic carbocycles. The fraction of sp³-hybridized carbons (Fsp3) is 0.444. The molecule has 1 amide bonds. The molecule has 0 aliphatic carbocycles. The first-order chi connectivity index (χ1) is 11.2. The van der Waals surface area contributed by atoms with Gasteiger partial charge in [-0.2, -0.15) is 0 Å². The highest BCUT2D eigenvalue weighted by atomic mass is 79.9. The number of aromatic nitrogens is 1. The van der Waals surface area contributed by atoms with Crippen molar-refractivity contribution >= 4 is 38.4 Å². The van der Waals surface area contributed by atoms with Gasteiger partial charge in [0, 0.05) is 47.8 Å². The molecule has 2 aromatic rings. The standard InChI is InChI=1S/C18H22BrN3O/c19-14-6-7-15-16(8-10-21-17(15)13-14)20-9-4-12-22-11-3-1-2-5-18(22)23/h6-8,10,13H,1-5,9,11-12H2,(H,20,21). The van der Waals surface area contributed by atoms with Crippen molar-refractivity contribution < 1.29 is 4.79 Å². The van der Waals surface area contributed by atoms with Crippen molar-refractivity contribution in [3.63, 3.8) is 0 Å². The first-order valence-corrected chi connectivity index (χ1v) is 9.09. The minimum absolute atomic E-state index is 0.321. The number of carbonyl (C=O) groups excluding carboxylic acids is 1. The van der Waals surface area contributed by atoms with E-state index < -0.39 is 0 Å². The van der Waals surface area contributed by atoms with Crippen LogP contribution in [-0.4, -0.2) is 35.4 Å². The molecule has 0 atom stereocenters. The van der Waals surface area contributed by atoms with Crippen LogP contribution < -0.4 is 5.32 Å². The second kappa shape index (κ2) is 7.77.